The molecule has 6 nitrogen and oxygen atoms in total. The summed E-state index contributed by atoms with van der Waals surface area (Å²) in [5.74, 6) is 0.429. The van der Waals surface area contributed by atoms with Gasteiger partial charge in [0.25, 0.3) is 6.43 Å². The molecule has 0 spiro atoms. The molecule has 0 radical (unpaired) electrons. The average molecular weight is 343 g/mol. The number of halogens is 3. The van der Waals surface area contributed by atoms with E-state index < -0.39 is 6.43 Å². The first kappa shape index (κ1) is 15.9. The highest BCUT2D eigenvalue weighted by atomic mass is 35.5. The summed E-state index contributed by atoms with van der Waals surface area (Å²) in [6.07, 6.45) is -1.15. The fraction of sp³-hybridized carbons (Fsp3) is 0.429. The topological polar surface area (TPSA) is 55.0 Å². The Morgan fingerprint density at radius 2 is 2.00 bits per heavy atom. The van der Waals surface area contributed by atoms with Crippen LogP contribution in [0.5, 0.6) is 0 Å². The third-order valence-corrected chi connectivity index (χ3v) is 3.63. The van der Waals surface area contributed by atoms with Crippen LogP contribution in [0.15, 0.2) is 18.3 Å². The predicted molar refractivity (Wildman–Crippen MR) is 79.1 cm³/mol. The maximum Gasteiger partial charge on any atom is 0.444 e. The van der Waals surface area contributed by atoms with E-state index >= 15 is 0 Å². The summed E-state index contributed by atoms with van der Waals surface area (Å²) >= 11 is 5.96. The molecule has 0 aliphatic carbocycles. The zero-order valence-corrected chi connectivity index (χ0v) is 13.2. The van der Waals surface area contributed by atoms with Crippen LogP contribution in [-0.2, 0) is 4.74 Å². The lowest BCUT2D eigenvalue weighted by atomic mass is 10.2. The highest BCUT2D eigenvalue weighted by Gasteiger charge is 2.26. The molecule has 0 aromatic carbocycles. The van der Waals surface area contributed by atoms with Crippen molar-refractivity contribution >= 4 is 17.5 Å². The van der Waals surface area contributed by atoms with E-state index in [4.69, 9.17) is 16.3 Å². The first-order valence-electron chi connectivity index (χ1n) is 7.09. The Kier molecular flexibility index (Phi) is 4.63. The number of hydrogen-bond acceptors (Lipinski definition) is 5. The molecule has 1 saturated heterocycles. The maximum absolute atomic E-state index is 13.3. The molecular formula is C14H15ClF2N5O+. The largest absolute Gasteiger partial charge is 0.444 e. The second kappa shape index (κ2) is 6.67. The first-order valence-corrected chi connectivity index (χ1v) is 7.47. The summed E-state index contributed by atoms with van der Waals surface area (Å²) in [5.41, 5.74) is 0.533. The molecule has 23 heavy (non-hydrogen) atoms. The molecule has 3 rings (SSSR count). The smallest absolute Gasteiger partial charge is 0.378 e. The van der Waals surface area contributed by atoms with Gasteiger partial charge >= 0.3 is 17.2 Å². The van der Waals surface area contributed by atoms with Gasteiger partial charge in [0, 0.05) is 13.1 Å². The number of rotatable bonds is 3. The molecule has 0 atom stereocenters. The van der Waals surface area contributed by atoms with E-state index in [-0.39, 0.29) is 16.9 Å². The second-order valence-electron chi connectivity index (χ2n) is 5.10. The second-order valence-corrected chi connectivity index (χ2v) is 5.44. The molecule has 0 amide bonds. The molecular weight excluding hydrogens is 328 g/mol. The normalized spacial score (nSPS) is 15.3. The number of nitrogens with zero attached hydrogens (tertiary/aromatic N) is 5. The molecule has 0 saturated carbocycles. The van der Waals surface area contributed by atoms with Crippen LogP contribution in [-0.4, -0.2) is 41.3 Å². The Hall–Kier alpha value is -1.93. The van der Waals surface area contributed by atoms with Crippen molar-refractivity contribution in [2.45, 2.75) is 13.3 Å². The summed E-state index contributed by atoms with van der Waals surface area (Å²) < 4.78 is 33.1. The quantitative estimate of drug-likeness (QED) is 0.797. The monoisotopic (exact) mass is 342 g/mol. The van der Waals surface area contributed by atoms with E-state index in [1.54, 1.807) is 13.0 Å². The molecule has 2 aromatic heterocycles. The highest BCUT2D eigenvalue weighted by molar-refractivity contribution is 6.28. The summed E-state index contributed by atoms with van der Waals surface area (Å²) in [6, 6.07) is 3.11. The van der Waals surface area contributed by atoms with E-state index in [1.165, 1.54) is 16.8 Å². The van der Waals surface area contributed by atoms with Gasteiger partial charge in [0.05, 0.1) is 19.4 Å². The first-order chi connectivity index (χ1) is 11.0. The average Bonchev–Trinajstić information content (AvgIpc) is 2.55. The molecule has 3 heterocycles. The van der Waals surface area contributed by atoms with E-state index in [9.17, 15) is 8.78 Å². The van der Waals surface area contributed by atoms with Crippen molar-refractivity contribution in [3.8, 4) is 5.95 Å². The van der Waals surface area contributed by atoms with Gasteiger partial charge in [-0.3, -0.25) is 0 Å². The molecule has 2 aromatic rings. The van der Waals surface area contributed by atoms with E-state index in [2.05, 4.69) is 15.0 Å². The van der Waals surface area contributed by atoms with Crippen molar-refractivity contribution in [3.05, 3.63) is 34.9 Å². The van der Waals surface area contributed by atoms with E-state index in [0.717, 1.165) is 5.56 Å². The molecule has 1 aliphatic heterocycles. The number of anilines is 1. The SMILES string of the molecule is Cc1cc[n+](-c2nc(Cl)nc(N3CCOCC3)n2)c(C(F)F)c1. The number of pyridine rings is 1. The van der Waals surface area contributed by atoms with Gasteiger partial charge in [-0.25, -0.2) is 8.78 Å². The van der Waals surface area contributed by atoms with Crippen LogP contribution in [0.2, 0.25) is 5.28 Å². The molecule has 1 aliphatic rings. The number of aromatic nitrogens is 4. The number of ether oxygens (including phenoxy) is 1. The Labute approximate surface area is 136 Å². The van der Waals surface area contributed by atoms with Crippen LogP contribution >= 0.6 is 11.6 Å². The van der Waals surface area contributed by atoms with Crippen LogP contribution in [0, 0.1) is 6.92 Å². The summed E-state index contributed by atoms with van der Waals surface area (Å²) in [4.78, 5) is 14.3. The highest BCUT2D eigenvalue weighted by Crippen LogP contribution is 2.18. The molecule has 122 valence electrons. The third kappa shape index (κ3) is 3.53. The fourth-order valence-electron chi connectivity index (χ4n) is 2.32. The van der Waals surface area contributed by atoms with Crippen molar-refractivity contribution in [1.29, 1.82) is 0 Å². The molecule has 1 fully saturated rings. The summed E-state index contributed by atoms with van der Waals surface area (Å²) in [6.45, 7) is 4.08. The fourth-order valence-corrected chi connectivity index (χ4v) is 2.47. The van der Waals surface area contributed by atoms with Crippen molar-refractivity contribution in [1.82, 2.24) is 15.0 Å². The van der Waals surface area contributed by atoms with Gasteiger partial charge in [0.2, 0.25) is 0 Å². The van der Waals surface area contributed by atoms with Crippen molar-refractivity contribution in [3.63, 3.8) is 0 Å². The minimum absolute atomic E-state index is 0.0372. The lowest BCUT2D eigenvalue weighted by Crippen LogP contribution is -2.41. The number of alkyl halides is 2. The number of morpholine rings is 1. The minimum atomic E-state index is -2.66. The summed E-state index contributed by atoms with van der Waals surface area (Å²) in [7, 11) is 0. The number of aryl methyl sites for hydroxylation is 1. The van der Waals surface area contributed by atoms with Crippen molar-refractivity contribution < 1.29 is 18.1 Å². The van der Waals surface area contributed by atoms with Crippen LogP contribution in [0.3, 0.4) is 0 Å². The van der Waals surface area contributed by atoms with Crippen LogP contribution in [0.25, 0.3) is 5.95 Å². The van der Waals surface area contributed by atoms with Gasteiger partial charge in [-0.2, -0.15) is 9.55 Å². The minimum Gasteiger partial charge on any atom is -0.378 e. The van der Waals surface area contributed by atoms with Crippen molar-refractivity contribution in [2.75, 3.05) is 31.2 Å². The van der Waals surface area contributed by atoms with E-state index in [1.807, 2.05) is 4.90 Å². The van der Waals surface area contributed by atoms with Crippen LogP contribution in [0.1, 0.15) is 17.7 Å². The molecule has 0 N–H and O–H groups in total. The predicted octanol–water partition coefficient (Wildman–Crippen LogP) is 1.88. The number of hydrogen-bond donors (Lipinski definition) is 0. The lowest BCUT2D eigenvalue weighted by Gasteiger charge is -2.24. The van der Waals surface area contributed by atoms with E-state index in [0.29, 0.717) is 32.3 Å². The Balaban J connectivity index is 2.05. The van der Waals surface area contributed by atoms with Crippen molar-refractivity contribution in [2.24, 2.45) is 0 Å². The van der Waals surface area contributed by atoms with Gasteiger partial charge < -0.3 is 9.64 Å². The van der Waals surface area contributed by atoms with Gasteiger partial charge in [-0.15, -0.1) is 0 Å². The zero-order valence-electron chi connectivity index (χ0n) is 12.4. The molecule has 0 bridgehead atoms. The maximum atomic E-state index is 13.3. The summed E-state index contributed by atoms with van der Waals surface area (Å²) in [5, 5.41) is -0.0372. The Bertz CT molecular complexity index is 710. The van der Waals surface area contributed by atoms with Gasteiger partial charge in [-0.05, 0) is 46.2 Å². The lowest BCUT2D eigenvalue weighted by molar-refractivity contribution is -0.618. The van der Waals surface area contributed by atoms with Crippen LogP contribution in [0.4, 0.5) is 14.7 Å². The Morgan fingerprint density at radius 1 is 1.26 bits per heavy atom. The van der Waals surface area contributed by atoms with Gasteiger partial charge in [0.1, 0.15) is 0 Å². The van der Waals surface area contributed by atoms with Gasteiger partial charge in [-0.1, -0.05) is 0 Å². The molecule has 9 heteroatoms. The zero-order chi connectivity index (χ0) is 16.4. The van der Waals surface area contributed by atoms with Gasteiger partial charge in [0.15, 0.2) is 5.69 Å². The third-order valence-electron chi connectivity index (χ3n) is 3.46. The van der Waals surface area contributed by atoms with Crippen LogP contribution < -0.4 is 9.47 Å². The molecule has 0 unspecified atom stereocenters. The Morgan fingerprint density at radius 3 is 2.70 bits per heavy atom. The standard InChI is InChI=1S/C14H15ClF2N5O/c1-9-2-3-22(10(8-9)11(16)17)14-19-12(15)18-13(20-14)21-4-6-23-7-5-21/h2-3,8,11H,4-7H2,1H3/q+1.